The molecule has 0 saturated heterocycles. The van der Waals surface area contributed by atoms with Crippen LogP contribution < -0.4 is 0 Å². The number of H-pyrrole nitrogens is 1. The molecule has 1 aliphatic rings. The van der Waals surface area contributed by atoms with E-state index in [1.165, 1.54) is 24.1 Å². The highest BCUT2D eigenvalue weighted by atomic mass is 32.1. The number of thiophene rings is 1. The molecule has 0 spiro atoms. The zero-order valence-corrected chi connectivity index (χ0v) is 12.9. The van der Waals surface area contributed by atoms with Crippen molar-refractivity contribution in [2.24, 2.45) is 11.8 Å². The zero-order chi connectivity index (χ0) is 13.4. The highest BCUT2D eigenvalue weighted by Crippen LogP contribution is 2.40. The van der Waals surface area contributed by atoms with Crippen LogP contribution in [0.25, 0.3) is 10.7 Å². The van der Waals surface area contributed by atoms with Gasteiger partial charge in [-0.1, -0.05) is 32.8 Å². The van der Waals surface area contributed by atoms with E-state index in [9.17, 15) is 0 Å². The Balaban J connectivity index is 2.05. The fourth-order valence-electron chi connectivity index (χ4n) is 3.11. The van der Waals surface area contributed by atoms with Gasteiger partial charge in [-0.2, -0.15) is 5.10 Å². The highest BCUT2D eigenvalue weighted by Gasteiger charge is 2.30. The first-order valence-corrected chi connectivity index (χ1v) is 8.18. The number of aromatic amines is 1. The second kappa shape index (κ2) is 5.21. The van der Waals surface area contributed by atoms with Crippen LogP contribution in [-0.2, 0) is 0 Å². The Morgan fingerprint density at radius 1 is 1.42 bits per heavy atom. The van der Waals surface area contributed by atoms with E-state index in [0.717, 1.165) is 16.5 Å². The molecule has 3 atom stereocenters. The van der Waals surface area contributed by atoms with Crippen molar-refractivity contribution in [3.63, 3.8) is 0 Å². The van der Waals surface area contributed by atoms with Crippen LogP contribution in [0.4, 0.5) is 0 Å². The van der Waals surface area contributed by atoms with Crippen LogP contribution in [0, 0.1) is 16.6 Å². The molecule has 102 valence electrons. The van der Waals surface area contributed by atoms with Gasteiger partial charge in [-0.25, -0.2) is 0 Å². The Morgan fingerprint density at radius 3 is 3.00 bits per heavy atom. The molecule has 0 amide bonds. The van der Waals surface area contributed by atoms with Gasteiger partial charge in [0.2, 0.25) is 0 Å². The summed E-state index contributed by atoms with van der Waals surface area (Å²) in [5.74, 6) is 2.41. The van der Waals surface area contributed by atoms with Crippen LogP contribution in [0.5, 0.6) is 0 Å². The molecule has 0 aromatic carbocycles. The average Bonchev–Trinajstić information content (AvgIpc) is 3.02. The van der Waals surface area contributed by atoms with Gasteiger partial charge in [-0.15, -0.1) is 11.3 Å². The summed E-state index contributed by atoms with van der Waals surface area (Å²) in [5.41, 5.74) is 0. The maximum atomic E-state index is 5.47. The van der Waals surface area contributed by atoms with Crippen LogP contribution >= 0.6 is 23.6 Å². The van der Waals surface area contributed by atoms with E-state index in [0.29, 0.717) is 12.0 Å². The molecule has 19 heavy (non-hydrogen) atoms. The predicted octanol–water partition coefficient (Wildman–Crippen LogP) is 4.67. The summed E-state index contributed by atoms with van der Waals surface area (Å²) in [7, 11) is 0. The van der Waals surface area contributed by atoms with Crippen molar-refractivity contribution in [2.45, 2.75) is 39.2 Å². The molecule has 0 bridgehead atoms. The summed E-state index contributed by atoms with van der Waals surface area (Å²) >= 11 is 7.19. The first-order chi connectivity index (χ1) is 9.18. The second-order valence-corrected chi connectivity index (χ2v) is 6.87. The summed E-state index contributed by atoms with van der Waals surface area (Å²) in [6.45, 7) is 4.70. The van der Waals surface area contributed by atoms with Gasteiger partial charge in [-0.05, 0) is 41.9 Å². The van der Waals surface area contributed by atoms with Gasteiger partial charge in [0, 0.05) is 6.04 Å². The highest BCUT2D eigenvalue weighted by molar-refractivity contribution is 7.71. The van der Waals surface area contributed by atoms with Gasteiger partial charge in [0.25, 0.3) is 0 Å². The number of hydrogen-bond donors (Lipinski definition) is 1. The Morgan fingerprint density at radius 2 is 2.26 bits per heavy atom. The molecule has 3 nitrogen and oxygen atoms in total. The molecule has 0 radical (unpaired) electrons. The molecule has 3 rings (SSSR count). The lowest BCUT2D eigenvalue weighted by atomic mass is 9.78. The van der Waals surface area contributed by atoms with Crippen LogP contribution in [0.2, 0.25) is 0 Å². The lowest BCUT2D eigenvalue weighted by Gasteiger charge is -2.35. The van der Waals surface area contributed by atoms with E-state index < -0.39 is 0 Å². The normalized spacial score (nSPS) is 27.6. The molecule has 1 aliphatic carbocycles. The molecular formula is C14H19N3S2. The number of nitrogens with zero attached hydrogens (tertiary/aromatic N) is 2. The van der Waals surface area contributed by atoms with Crippen molar-refractivity contribution in [1.82, 2.24) is 14.8 Å². The van der Waals surface area contributed by atoms with Gasteiger partial charge in [0.05, 0.1) is 4.88 Å². The molecular weight excluding hydrogens is 274 g/mol. The Bertz CT molecular complexity index is 596. The van der Waals surface area contributed by atoms with Crippen molar-refractivity contribution in [3.05, 3.63) is 22.3 Å². The van der Waals surface area contributed by atoms with E-state index in [-0.39, 0.29) is 0 Å². The van der Waals surface area contributed by atoms with E-state index in [2.05, 4.69) is 46.1 Å². The van der Waals surface area contributed by atoms with Gasteiger partial charge in [0.1, 0.15) is 0 Å². The largest absolute Gasteiger partial charge is 0.296 e. The standard InChI is InChI=1S/C14H19N3S2/c1-9-5-3-6-11(10(9)2)17-13(15-16-14(17)18)12-7-4-8-19-12/h4,7-11H,3,5-6H2,1-2H3,(H,16,18). The van der Waals surface area contributed by atoms with Crippen molar-refractivity contribution in [1.29, 1.82) is 0 Å². The Hall–Kier alpha value is -0.940. The maximum absolute atomic E-state index is 5.47. The van der Waals surface area contributed by atoms with Gasteiger partial charge in [-0.3, -0.25) is 9.67 Å². The zero-order valence-electron chi connectivity index (χ0n) is 11.3. The van der Waals surface area contributed by atoms with Gasteiger partial charge < -0.3 is 0 Å². The fraction of sp³-hybridized carbons (Fsp3) is 0.571. The smallest absolute Gasteiger partial charge is 0.195 e. The molecule has 0 aliphatic heterocycles. The van der Waals surface area contributed by atoms with E-state index in [4.69, 9.17) is 12.2 Å². The SMILES string of the molecule is CC1CCCC(n2c(-c3cccs3)n[nH]c2=S)C1C. The van der Waals surface area contributed by atoms with Gasteiger partial charge >= 0.3 is 0 Å². The molecule has 2 aromatic rings. The molecule has 5 heteroatoms. The second-order valence-electron chi connectivity index (χ2n) is 5.53. The molecule has 2 heterocycles. The maximum Gasteiger partial charge on any atom is 0.195 e. The van der Waals surface area contributed by atoms with Crippen LogP contribution in [0.15, 0.2) is 17.5 Å². The van der Waals surface area contributed by atoms with Crippen LogP contribution in [0.3, 0.4) is 0 Å². The number of aromatic nitrogens is 3. The molecule has 1 saturated carbocycles. The van der Waals surface area contributed by atoms with Gasteiger partial charge in [0.15, 0.2) is 10.6 Å². The Kier molecular flexibility index (Phi) is 3.58. The summed E-state index contributed by atoms with van der Waals surface area (Å²) in [5, 5.41) is 9.52. The molecule has 1 fully saturated rings. The number of nitrogens with one attached hydrogen (secondary N) is 1. The van der Waals surface area contributed by atoms with E-state index in [1.807, 2.05) is 0 Å². The third kappa shape index (κ3) is 2.30. The van der Waals surface area contributed by atoms with E-state index in [1.54, 1.807) is 11.3 Å². The molecule has 1 N–H and O–H groups in total. The lowest BCUT2D eigenvalue weighted by molar-refractivity contribution is 0.186. The van der Waals surface area contributed by atoms with E-state index >= 15 is 0 Å². The summed E-state index contributed by atoms with van der Waals surface area (Å²) in [4.78, 5) is 1.19. The fourth-order valence-corrected chi connectivity index (χ4v) is 4.09. The monoisotopic (exact) mass is 293 g/mol. The van der Waals surface area contributed by atoms with Crippen molar-refractivity contribution in [3.8, 4) is 10.7 Å². The van der Waals surface area contributed by atoms with Crippen LogP contribution in [0.1, 0.15) is 39.2 Å². The number of hydrogen-bond acceptors (Lipinski definition) is 3. The van der Waals surface area contributed by atoms with Crippen molar-refractivity contribution < 1.29 is 0 Å². The molecule has 3 unspecified atom stereocenters. The molecule has 2 aromatic heterocycles. The van der Waals surface area contributed by atoms with Crippen LogP contribution in [-0.4, -0.2) is 14.8 Å². The summed E-state index contributed by atoms with van der Waals surface area (Å²) in [6, 6.07) is 4.66. The first kappa shape index (κ1) is 13.1. The minimum Gasteiger partial charge on any atom is -0.296 e. The Labute approximate surface area is 122 Å². The quantitative estimate of drug-likeness (QED) is 0.817. The lowest BCUT2D eigenvalue weighted by Crippen LogP contribution is -2.27. The summed E-state index contributed by atoms with van der Waals surface area (Å²) < 4.78 is 3.01. The number of rotatable bonds is 2. The minimum atomic E-state index is 0.479. The third-order valence-corrected chi connectivity index (χ3v) is 5.60. The van der Waals surface area contributed by atoms with Crippen molar-refractivity contribution in [2.75, 3.05) is 0 Å². The topological polar surface area (TPSA) is 33.6 Å². The first-order valence-electron chi connectivity index (χ1n) is 6.89. The third-order valence-electron chi connectivity index (χ3n) is 4.44. The predicted molar refractivity (Wildman–Crippen MR) is 81.9 cm³/mol. The minimum absolute atomic E-state index is 0.479. The van der Waals surface area contributed by atoms with Crippen molar-refractivity contribution >= 4 is 23.6 Å². The average molecular weight is 293 g/mol. The summed E-state index contributed by atoms with van der Waals surface area (Å²) in [6.07, 6.45) is 3.82.